The number of hydrogen-bond donors (Lipinski definition) is 2. The quantitative estimate of drug-likeness (QED) is 0.201. The molecule has 2 aliphatic rings. The van der Waals surface area contributed by atoms with Crippen molar-refractivity contribution in [1.82, 2.24) is 24.9 Å². The number of anilines is 3. The number of nitrogens with one attached hydrogen (secondary N) is 2. The van der Waals surface area contributed by atoms with Gasteiger partial charge in [0.05, 0.1) is 11.6 Å². The minimum atomic E-state index is -3.62. The lowest BCUT2D eigenvalue weighted by molar-refractivity contribution is -0.190. The molecule has 0 amide bonds. The second-order valence-corrected chi connectivity index (χ2v) is 14.1. The number of rotatable bonds is 13. The maximum atomic E-state index is 12.3. The van der Waals surface area contributed by atoms with Crippen LogP contribution in [-0.2, 0) is 32.0 Å². The SMILES string of the molecule is CCC(C)NS(=O)(=O)Nc1ccc(N2CCN(c3ccc(OC[C@@H]4CO[C@@](Cn5cnnn5)(c5ccc(Cl)cc5Cl)O4)cc3)CC2)cc1. The first kappa shape index (κ1) is 34.2. The normalized spacial score (nSPS) is 20.5. The molecule has 13 nitrogen and oxygen atoms in total. The summed E-state index contributed by atoms with van der Waals surface area (Å²) in [5.74, 6) is -0.486. The number of ether oxygens (including phenoxy) is 3. The van der Waals surface area contributed by atoms with Crippen LogP contribution in [0.2, 0.25) is 10.0 Å². The van der Waals surface area contributed by atoms with Crippen LogP contribution < -0.4 is 24.0 Å². The van der Waals surface area contributed by atoms with Crippen LogP contribution in [0.25, 0.3) is 0 Å². The summed E-state index contributed by atoms with van der Waals surface area (Å²) in [7, 11) is -3.62. The number of hydrogen-bond acceptors (Lipinski definition) is 10. The zero-order valence-corrected chi connectivity index (χ0v) is 29.0. The smallest absolute Gasteiger partial charge is 0.299 e. The average Bonchev–Trinajstić information content (AvgIpc) is 3.74. The minimum absolute atomic E-state index is 0.137. The summed E-state index contributed by atoms with van der Waals surface area (Å²) in [5, 5.41) is 12.3. The van der Waals surface area contributed by atoms with Gasteiger partial charge in [-0.15, -0.1) is 5.10 Å². The van der Waals surface area contributed by atoms with Gasteiger partial charge in [0.1, 0.15) is 31.3 Å². The molecule has 4 aromatic rings. The van der Waals surface area contributed by atoms with E-state index < -0.39 is 16.0 Å². The van der Waals surface area contributed by atoms with Crippen molar-refractivity contribution < 1.29 is 22.6 Å². The van der Waals surface area contributed by atoms with Crippen molar-refractivity contribution in [2.45, 2.75) is 44.7 Å². The average molecular weight is 718 g/mol. The number of benzene rings is 3. The molecule has 1 unspecified atom stereocenters. The first-order valence-electron chi connectivity index (χ1n) is 15.7. The Balaban J connectivity index is 0.999. The second-order valence-electron chi connectivity index (χ2n) is 11.8. The Morgan fingerprint density at radius 1 is 1.00 bits per heavy atom. The third-order valence-corrected chi connectivity index (χ3v) is 10.1. The van der Waals surface area contributed by atoms with E-state index in [-0.39, 0.29) is 31.9 Å². The van der Waals surface area contributed by atoms with E-state index in [1.54, 1.807) is 30.3 Å². The Hall–Kier alpha value is -3.66. The molecule has 2 aliphatic heterocycles. The van der Waals surface area contributed by atoms with E-state index >= 15 is 0 Å². The Labute approximate surface area is 290 Å². The van der Waals surface area contributed by atoms with Crippen LogP contribution in [0, 0.1) is 0 Å². The Kier molecular flexibility index (Phi) is 10.6. The van der Waals surface area contributed by atoms with Crippen LogP contribution in [0.4, 0.5) is 17.1 Å². The van der Waals surface area contributed by atoms with Crippen LogP contribution >= 0.6 is 23.2 Å². The lowest BCUT2D eigenvalue weighted by atomic mass is 10.1. The summed E-state index contributed by atoms with van der Waals surface area (Å²) in [4.78, 5) is 4.63. The van der Waals surface area contributed by atoms with Gasteiger partial charge in [-0.3, -0.25) is 4.72 Å². The molecule has 3 heterocycles. The van der Waals surface area contributed by atoms with Crippen molar-refractivity contribution in [3.8, 4) is 5.75 Å². The summed E-state index contributed by atoms with van der Waals surface area (Å²) >= 11 is 12.7. The fourth-order valence-electron chi connectivity index (χ4n) is 5.66. The zero-order valence-electron chi connectivity index (χ0n) is 26.6. The highest BCUT2D eigenvalue weighted by molar-refractivity contribution is 7.90. The standard InChI is InChI=1S/C32H38Cl2N8O5S/c1-3-23(2)36-48(43,44)37-25-5-7-26(8-6-25)40-14-16-41(17-15-40)27-9-11-28(12-10-27)45-19-29-20-46-32(47-29,21-42-22-35-38-39-42)30-13-4-24(33)18-31(30)34/h4-13,18,22-23,29,36-37H,3,14-17,19-21H2,1-2H3/t23?,29-,32-/m1/s1. The van der Waals surface area contributed by atoms with Crippen molar-refractivity contribution in [3.05, 3.63) is 88.7 Å². The number of tetrazole rings is 1. The molecule has 16 heteroatoms. The summed E-state index contributed by atoms with van der Waals surface area (Å²) in [5.41, 5.74) is 3.32. The molecule has 1 aromatic heterocycles. The van der Waals surface area contributed by atoms with Crippen LogP contribution in [-0.4, -0.2) is 80.2 Å². The molecule has 3 atom stereocenters. The molecule has 6 rings (SSSR count). The predicted molar refractivity (Wildman–Crippen MR) is 185 cm³/mol. The lowest BCUT2D eigenvalue weighted by Gasteiger charge is -2.37. The molecule has 3 aromatic carbocycles. The maximum absolute atomic E-state index is 12.3. The van der Waals surface area contributed by atoms with E-state index in [9.17, 15) is 8.42 Å². The highest BCUT2D eigenvalue weighted by atomic mass is 35.5. The van der Waals surface area contributed by atoms with Crippen LogP contribution in [0.3, 0.4) is 0 Å². The number of halogens is 2. The molecule has 0 spiro atoms. The fourth-order valence-corrected chi connectivity index (χ4v) is 7.41. The Bertz CT molecular complexity index is 1760. The lowest BCUT2D eigenvalue weighted by Crippen LogP contribution is -2.46. The second kappa shape index (κ2) is 14.8. The molecule has 0 aliphatic carbocycles. The van der Waals surface area contributed by atoms with Gasteiger partial charge < -0.3 is 24.0 Å². The molecule has 0 saturated carbocycles. The number of piperazine rings is 1. The zero-order chi connectivity index (χ0) is 33.7. The topological polar surface area (TPSA) is 136 Å². The Morgan fingerprint density at radius 2 is 1.67 bits per heavy atom. The molecule has 48 heavy (non-hydrogen) atoms. The number of nitrogens with zero attached hydrogens (tertiary/aromatic N) is 6. The van der Waals surface area contributed by atoms with Crippen molar-refractivity contribution in [1.29, 1.82) is 0 Å². The molecular weight excluding hydrogens is 679 g/mol. The molecule has 256 valence electrons. The molecule has 2 N–H and O–H groups in total. The van der Waals surface area contributed by atoms with Gasteiger partial charge in [-0.05, 0) is 84.4 Å². The van der Waals surface area contributed by atoms with E-state index in [1.807, 2.05) is 38.1 Å². The Morgan fingerprint density at radius 3 is 2.27 bits per heavy atom. The van der Waals surface area contributed by atoms with Crippen LogP contribution in [0.5, 0.6) is 5.75 Å². The van der Waals surface area contributed by atoms with E-state index in [2.05, 4.69) is 46.9 Å². The summed E-state index contributed by atoms with van der Waals surface area (Å²) in [6.45, 7) is 7.88. The van der Waals surface area contributed by atoms with Crippen LogP contribution in [0.15, 0.2) is 73.1 Å². The van der Waals surface area contributed by atoms with Crippen molar-refractivity contribution >= 4 is 50.5 Å². The molecule has 2 fully saturated rings. The van der Waals surface area contributed by atoms with Gasteiger partial charge in [-0.2, -0.15) is 13.1 Å². The van der Waals surface area contributed by atoms with Crippen molar-refractivity contribution in [3.63, 3.8) is 0 Å². The minimum Gasteiger partial charge on any atom is -0.491 e. The summed E-state index contributed by atoms with van der Waals surface area (Å²) < 4.78 is 50.1. The van der Waals surface area contributed by atoms with Gasteiger partial charge in [-0.25, -0.2) is 4.68 Å². The summed E-state index contributed by atoms with van der Waals surface area (Å²) in [6, 6.07) is 20.5. The third-order valence-electron chi connectivity index (χ3n) is 8.33. The van der Waals surface area contributed by atoms with E-state index in [4.69, 9.17) is 37.4 Å². The third kappa shape index (κ3) is 8.31. The monoisotopic (exact) mass is 716 g/mol. The molecular formula is C32H38Cl2N8O5S. The molecule has 0 bridgehead atoms. The fraction of sp³-hybridized carbons (Fsp3) is 0.406. The summed E-state index contributed by atoms with van der Waals surface area (Å²) in [6.07, 6.45) is 1.84. The molecule has 0 radical (unpaired) electrons. The first-order valence-corrected chi connectivity index (χ1v) is 18.0. The highest BCUT2D eigenvalue weighted by Gasteiger charge is 2.45. The van der Waals surface area contributed by atoms with E-state index in [0.717, 1.165) is 43.3 Å². The van der Waals surface area contributed by atoms with E-state index in [0.29, 0.717) is 27.7 Å². The maximum Gasteiger partial charge on any atom is 0.299 e. The van der Waals surface area contributed by atoms with Crippen molar-refractivity contribution in [2.75, 3.05) is 53.9 Å². The number of aromatic nitrogens is 4. The van der Waals surface area contributed by atoms with Gasteiger partial charge >= 0.3 is 0 Å². The van der Waals surface area contributed by atoms with Gasteiger partial charge in [0, 0.05) is 59.9 Å². The molecule has 2 saturated heterocycles. The first-order chi connectivity index (χ1) is 23.1. The predicted octanol–water partition coefficient (Wildman–Crippen LogP) is 4.70. The van der Waals surface area contributed by atoms with Gasteiger partial charge in [0.2, 0.25) is 5.79 Å². The van der Waals surface area contributed by atoms with Gasteiger partial charge in [0.25, 0.3) is 10.2 Å². The van der Waals surface area contributed by atoms with Gasteiger partial charge in [0.15, 0.2) is 0 Å². The van der Waals surface area contributed by atoms with Gasteiger partial charge in [-0.1, -0.05) is 36.2 Å². The largest absolute Gasteiger partial charge is 0.491 e. The van der Waals surface area contributed by atoms with Crippen LogP contribution in [0.1, 0.15) is 25.8 Å². The van der Waals surface area contributed by atoms with E-state index in [1.165, 1.54) is 11.0 Å². The van der Waals surface area contributed by atoms with Crippen molar-refractivity contribution in [2.24, 2.45) is 0 Å². The highest BCUT2D eigenvalue weighted by Crippen LogP contribution is 2.40.